The largest absolute Gasteiger partial charge is 0.497 e. The number of nitrogens with zero attached hydrogens (tertiary/aromatic N) is 3. The van der Waals surface area contributed by atoms with E-state index in [0.717, 1.165) is 38.0 Å². The highest BCUT2D eigenvalue weighted by atomic mass is 16.5. The molecule has 0 saturated carbocycles. The average molecular weight is 480 g/mol. The number of anilines is 1. The second-order valence-corrected chi connectivity index (χ2v) is 8.32. The van der Waals surface area contributed by atoms with Gasteiger partial charge < -0.3 is 19.5 Å². The number of esters is 1. The number of carbonyl (C=O) groups excluding carboxylic acids is 2. The van der Waals surface area contributed by atoms with Gasteiger partial charge in [-0.05, 0) is 42.7 Å². The molecular formula is C25H29N5O5. The van der Waals surface area contributed by atoms with Gasteiger partial charge in [-0.15, -0.1) is 0 Å². The predicted octanol–water partition coefficient (Wildman–Crippen LogP) is 3.36. The van der Waals surface area contributed by atoms with Gasteiger partial charge in [0, 0.05) is 38.7 Å². The van der Waals surface area contributed by atoms with Crippen LogP contribution in [-0.2, 0) is 11.3 Å². The van der Waals surface area contributed by atoms with Gasteiger partial charge >= 0.3 is 12.0 Å². The molecular weight excluding hydrogens is 450 g/mol. The number of methoxy groups -OCH3 is 2. The minimum Gasteiger partial charge on any atom is -0.497 e. The fraction of sp³-hybridized carbons (Fsp3) is 0.360. The van der Waals surface area contributed by atoms with Crippen LogP contribution in [0.15, 0.2) is 42.5 Å². The van der Waals surface area contributed by atoms with Gasteiger partial charge in [0.2, 0.25) is 0 Å². The first-order valence-electron chi connectivity index (χ1n) is 11.4. The van der Waals surface area contributed by atoms with Crippen molar-refractivity contribution in [2.75, 3.05) is 32.6 Å². The Kier molecular flexibility index (Phi) is 7.61. The number of hydrogen-bond acceptors (Lipinski definition) is 8. The van der Waals surface area contributed by atoms with E-state index in [2.05, 4.69) is 25.5 Å². The monoisotopic (exact) mass is 479 g/mol. The molecule has 1 aliphatic rings. The summed E-state index contributed by atoms with van der Waals surface area (Å²) in [5.74, 6) is 1.36. The molecule has 2 N–H and O–H groups in total. The minimum absolute atomic E-state index is 0.0529. The summed E-state index contributed by atoms with van der Waals surface area (Å²) in [6, 6.07) is 12.6. The zero-order chi connectivity index (χ0) is 24.8. The Morgan fingerprint density at radius 1 is 0.971 bits per heavy atom. The maximum Gasteiger partial charge on any atom is 0.320 e. The van der Waals surface area contributed by atoms with Crippen LogP contribution in [0.5, 0.6) is 17.4 Å². The molecule has 10 nitrogen and oxygen atoms in total. The molecule has 2 heterocycles. The first-order chi connectivity index (χ1) is 16.9. The van der Waals surface area contributed by atoms with Crippen LogP contribution in [-0.4, -0.2) is 60.2 Å². The predicted molar refractivity (Wildman–Crippen MR) is 131 cm³/mol. The Morgan fingerprint density at radius 3 is 2.34 bits per heavy atom. The maximum atomic E-state index is 12.7. The molecule has 0 bridgehead atoms. The lowest BCUT2D eigenvalue weighted by Gasteiger charge is -2.32. The van der Waals surface area contributed by atoms with Gasteiger partial charge in [0.1, 0.15) is 11.5 Å². The van der Waals surface area contributed by atoms with Gasteiger partial charge in [0.15, 0.2) is 5.82 Å². The van der Waals surface area contributed by atoms with Crippen molar-refractivity contribution in [3.05, 3.63) is 48.0 Å². The van der Waals surface area contributed by atoms with Crippen molar-refractivity contribution in [3.8, 4) is 17.4 Å². The Morgan fingerprint density at radius 2 is 1.69 bits per heavy atom. The van der Waals surface area contributed by atoms with Crippen molar-refractivity contribution in [1.82, 2.24) is 20.2 Å². The quantitative estimate of drug-likeness (QED) is 0.392. The molecule has 0 atom stereocenters. The number of piperidine rings is 1. The smallest absolute Gasteiger partial charge is 0.320 e. The molecule has 4 rings (SSSR count). The van der Waals surface area contributed by atoms with E-state index >= 15 is 0 Å². The number of nitrogens with one attached hydrogen (secondary N) is 2. The molecule has 35 heavy (non-hydrogen) atoms. The first kappa shape index (κ1) is 24.2. The van der Waals surface area contributed by atoms with Gasteiger partial charge in [-0.3, -0.25) is 15.0 Å². The van der Waals surface area contributed by atoms with Crippen LogP contribution in [0.4, 0.5) is 10.6 Å². The summed E-state index contributed by atoms with van der Waals surface area (Å²) in [4.78, 5) is 35.0. The van der Waals surface area contributed by atoms with Crippen LogP contribution in [0.2, 0.25) is 0 Å². The molecule has 2 amide bonds. The van der Waals surface area contributed by atoms with Gasteiger partial charge in [0.25, 0.3) is 5.88 Å². The molecule has 184 valence electrons. The van der Waals surface area contributed by atoms with Crippen molar-refractivity contribution in [3.63, 3.8) is 0 Å². The molecule has 0 aliphatic carbocycles. The zero-order valence-corrected chi connectivity index (χ0v) is 20.0. The summed E-state index contributed by atoms with van der Waals surface area (Å²) in [6.45, 7) is 3.90. The van der Waals surface area contributed by atoms with Crippen LogP contribution in [0.1, 0.15) is 25.3 Å². The number of fused-ring (bicyclic) bond motifs is 1. The van der Waals surface area contributed by atoms with E-state index in [4.69, 9.17) is 14.2 Å². The number of aromatic nitrogens is 2. The number of amides is 2. The normalized spacial score (nSPS) is 14.4. The highest BCUT2D eigenvalue weighted by Gasteiger charge is 2.22. The van der Waals surface area contributed by atoms with E-state index in [1.54, 1.807) is 37.4 Å². The molecule has 1 aliphatic heterocycles. The molecule has 0 spiro atoms. The summed E-state index contributed by atoms with van der Waals surface area (Å²) >= 11 is 0. The Hall–Kier alpha value is -3.92. The maximum absolute atomic E-state index is 12.7. The lowest BCUT2D eigenvalue weighted by Crippen LogP contribution is -2.45. The average Bonchev–Trinajstić information content (AvgIpc) is 2.85. The third kappa shape index (κ3) is 6.36. The highest BCUT2D eigenvalue weighted by Crippen LogP contribution is 2.26. The van der Waals surface area contributed by atoms with E-state index < -0.39 is 0 Å². The fourth-order valence-corrected chi connectivity index (χ4v) is 4.02. The molecule has 10 heteroatoms. The van der Waals surface area contributed by atoms with E-state index in [0.29, 0.717) is 22.5 Å². The van der Waals surface area contributed by atoms with E-state index in [1.807, 2.05) is 12.1 Å². The SMILES string of the molecule is COc1ccc2nc(OC)c(NC(=O)NC3CCN(Cc4ccc(OC(C)=O)cc4)CC3)nc2c1. The van der Waals surface area contributed by atoms with Crippen LogP contribution in [0.3, 0.4) is 0 Å². The molecule has 2 aromatic carbocycles. The van der Waals surface area contributed by atoms with Gasteiger partial charge in [-0.25, -0.2) is 14.8 Å². The topological polar surface area (TPSA) is 115 Å². The highest BCUT2D eigenvalue weighted by molar-refractivity contribution is 5.91. The van der Waals surface area contributed by atoms with Crippen LogP contribution in [0, 0.1) is 0 Å². The van der Waals surface area contributed by atoms with Gasteiger partial charge in [-0.1, -0.05) is 12.1 Å². The zero-order valence-electron chi connectivity index (χ0n) is 20.0. The van der Waals surface area contributed by atoms with Crippen molar-refractivity contribution in [1.29, 1.82) is 0 Å². The van der Waals surface area contributed by atoms with Crippen molar-refractivity contribution >= 4 is 28.9 Å². The second kappa shape index (κ2) is 11.0. The summed E-state index contributed by atoms with van der Waals surface area (Å²) in [6.07, 6.45) is 1.66. The summed E-state index contributed by atoms with van der Waals surface area (Å²) in [7, 11) is 3.07. The number of ether oxygens (including phenoxy) is 3. The third-order valence-electron chi connectivity index (χ3n) is 5.78. The van der Waals surface area contributed by atoms with Gasteiger partial charge in [-0.2, -0.15) is 0 Å². The van der Waals surface area contributed by atoms with Crippen LogP contribution in [0.25, 0.3) is 11.0 Å². The Bertz CT molecular complexity index is 1190. The molecule has 1 fully saturated rings. The number of benzene rings is 2. The molecule has 1 saturated heterocycles. The van der Waals surface area contributed by atoms with E-state index in [1.165, 1.54) is 14.0 Å². The number of urea groups is 1. The summed E-state index contributed by atoms with van der Waals surface area (Å²) in [5, 5.41) is 5.80. The number of likely N-dealkylation sites (tertiary alicyclic amines) is 1. The Labute approximate surface area is 203 Å². The Balaban J connectivity index is 1.29. The lowest BCUT2D eigenvalue weighted by atomic mass is 10.0. The molecule has 0 radical (unpaired) electrons. The van der Waals surface area contributed by atoms with Crippen molar-refractivity contribution < 1.29 is 23.8 Å². The number of hydrogen-bond donors (Lipinski definition) is 2. The van der Waals surface area contributed by atoms with Crippen LogP contribution >= 0.6 is 0 Å². The fourth-order valence-electron chi connectivity index (χ4n) is 4.02. The van der Waals surface area contributed by atoms with E-state index in [-0.39, 0.29) is 29.7 Å². The molecule has 0 unspecified atom stereocenters. The van der Waals surface area contributed by atoms with Crippen molar-refractivity contribution in [2.24, 2.45) is 0 Å². The van der Waals surface area contributed by atoms with Crippen molar-refractivity contribution in [2.45, 2.75) is 32.4 Å². The minimum atomic E-state index is -0.348. The standard InChI is InChI=1S/C25H29N5O5/c1-16(31)35-19-6-4-17(5-7-19)15-30-12-10-18(11-13-30)26-25(32)29-23-24(34-3)28-21-9-8-20(33-2)14-22(21)27-23/h4-9,14,18H,10-13,15H2,1-3H3,(H2,26,27,29,32). The van der Waals surface area contributed by atoms with Crippen LogP contribution < -0.4 is 24.8 Å². The van der Waals surface area contributed by atoms with E-state index in [9.17, 15) is 9.59 Å². The number of carbonyl (C=O) groups is 2. The first-order valence-corrected chi connectivity index (χ1v) is 11.4. The third-order valence-corrected chi connectivity index (χ3v) is 5.78. The number of rotatable bonds is 7. The summed E-state index contributed by atoms with van der Waals surface area (Å²) in [5.41, 5.74) is 2.38. The summed E-state index contributed by atoms with van der Waals surface area (Å²) < 4.78 is 15.6. The molecule has 1 aromatic heterocycles. The molecule has 3 aromatic rings. The lowest BCUT2D eigenvalue weighted by molar-refractivity contribution is -0.131. The second-order valence-electron chi connectivity index (χ2n) is 8.32. The van der Waals surface area contributed by atoms with Gasteiger partial charge in [0.05, 0.1) is 25.3 Å².